The average Bonchev–Trinajstić information content (AvgIpc) is 2.69. The molecule has 0 fully saturated rings. The third kappa shape index (κ3) is 12.0. The number of hydrogen-bond donors (Lipinski definition) is 2. The van der Waals surface area contributed by atoms with Crippen molar-refractivity contribution in [1.82, 2.24) is 0 Å². The molecule has 200 valence electrons. The van der Waals surface area contributed by atoms with Gasteiger partial charge in [0.25, 0.3) is 0 Å². The van der Waals surface area contributed by atoms with Crippen LogP contribution in [0.5, 0.6) is 0 Å². The molecule has 0 saturated heterocycles. The standard InChI is InChI=1S/C24H58O5Si4/c1-9-17-30(25,18-10-2)27-32(21-13-5,22-14-6)29-33(23-15-7,24-16-8)28-31(26,19-11-3)20-12-4/h25-26H,9-24H2,1-8H3. The van der Waals surface area contributed by atoms with Gasteiger partial charge < -0.3 is 21.9 Å². The van der Waals surface area contributed by atoms with Crippen LogP contribution in [0.1, 0.15) is 107 Å². The van der Waals surface area contributed by atoms with Crippen LogP contribution in [0, 0.1) is 0 Å². The zero-order valence-corrected chi connectivity index (χ0v) is 27.4. The Morgan fingerprint density at radius 3 is 0.758 bits per heavy atom. The maximum Gasteiger partial charge on any atom is 0.326 e. The Morgan fingerprint density at radius 2 is 0.576 bits per heavy atom. The van der Waals surface area contributed by atoms with Gasteiger partial charge in [-0.25, -0.2) is 0 Å². The van der Waals surface area contributed by atoms with Crippen molar-refractivity contribution < 1.29 is 21.9 Å². The van der Waals surface area contributed by atoms with Crippen molar-refractivity contribution in [1.29, 1.82) is 0 Å². The Labute approximate surface area is 211 Å². The van der Waals surface area contributed by atoms with Gasteiger partial charge in [0.05, 0.1) is 0 Å². The molecular formula is C24H58O5Si4. The second kappa shape index (κ2) is 17.2. The van der Waals surface area contributed by atoms with E-state index < -0.39 is 34.2 Å². The van der Waals surface area contributed by atoms with E-state index in [9.17, 15) is 9.59 Å². The van der Waals surface area contributed by atoms with Crippen LogP contribution in [-0.2, 0) is 12.3 Å². The molecule has 0 rings (SSSR count). The molecule has 0 aromatic carbocycles. The highest BCUT2D eigenvalue weighted by atomic mass is 28.5. The molecule has 0 heterocycles. The summed E-state index contributed by atoms with van der Waals surface area (Å²) in [5, 5.41) is 0. The van der Waals surface area contributed by atoms with Gasteiger partial charge in [-0.15, -0.1) is 0 Å². The van der Waals surface area contributed by atoms with Gasteiger partial charge in [-0.05, 0) is 48.4 Å². The molecule has 0 aromatic heterocycles. The van der Waals surface area contributed by atoms with Gasteiger partial charge in [0, 0.05) is 0 Å². The minimum absolute atomic E-state index is 0.772. The summed E-state index contributed by atoms with van der Waals surface area (Å²) in [4.78, 5) is 23.3. The molecule has 0 saturated carbocycles. The van der Waals surface area contributed by atoms with Crippen LogP contribution in [0.2, 0.25) is 48.4 Å². The second-order valence-electron chi connectivity index (χ2n) is 10.0. The lowest BCUT2D eigenvalue weighted by Gasteiger charge is -2.46. The van der Waals surface area contributed by atoms with Crippen LogP contribution in [0.15, 0.2) is 0 Å². The molecule has 0 aromatic rings. The van der Waals surface area contributed by atoms with Gasteiger partial charge in [0.2, 0.25) is 0 Å². The summed E-state index contributed by atoms with van der Waals surface area (Å²) in [6.45, 7) is 17.4. The lowest BCUT2D eigenvalue weighted by molar-refractivity contribution is 0.245. The number of rotatable bonds is 22. The van der Waals surface area contributed by atoms with Gasteiger partial charge in [-0.1, -0.05) is 107 Å². The Kier molecular flexibility index (Phi) is 17.5. The van der Waals surface area contributed by atoms with Crippen molar-refractivity contribution in [2.24, 2.45) is 0 Å². The van der Waals surface area contributed by atoms with Gasteiger partial charge in [-0.2, -0.15) is 0 Å². The zero-order valence-electron chi connectivity index (χ0n) is 23.4. The summed E-state index contributed by atoms with van der Waals surface area (Å²) in [5.74, 6) is 0. The van der Waals surface area contributed by atoms with Crippen LogP contribution >= 0.6 is 0 Å². The van der Waals surface area contributed by atoms with Crippen molar-refractivity contribution in [3.63, 3.8) is 0 Å². The smallest absolute Gasteiger partial charge is 0.326 e. The van der Waals surface area contributed by atoms with E-state index in [1.54, 1.807) is 0 Å². The predicted octanol–water partition coefficient (Wildman–Crippen LogP) is 8.07. The quantitative estimate of drug-likeness (QED) is 0.136. The van der Waals surface area contributed by atoms with Crippen molar-refractivity contribution >= 4 is 34.2 Å². The van der Waals surface area contributed by atoms with Crippen molar-refractivity contribution in [3.05, 3.63) is 0 Å². The SMILES string of the molecule is CCC[Si](O)(CCC)O[Si](CCC)(CCC)O[Si](CCC)(CCC)O[Si](O)(CCC)CCC. The highest BCUT2D eigenvalue weighted by molar-refractivity contribution is 6.89. The summed E-state index contributed by atoms with van der Waals surface area (Å²) < 4.78 is 21.3. The normalized spacial score (nSPS) is 13.6. The average molecular weight is 539 g/mol. The molecule has 0 aliphatic rings. The monoisotopic (exact) mass is 538 g/mol. The first-order valence-corrected chi connectivity index (χ1v) is 23.2. The second-order valence-corrected chi connectivity index (χ2v) is 23.9. The molecule has 0 radical (unpaired) electrons. The molecule has 0 atom stereocenters. The Balaban J connectivity index is 6.44. The molecule has 9 heteroatoms. The highest BCUT2D eigenvalue weighted by Gasteiger charge is 2.54. The van der Waals surface area contributed by atoms with Crippen molar-refractivity contribution in [3.8, 4) is 0 Å². The van der Waals surface area contributed by atoms with Crippen LogP contribution in [0.4, 0.5) is 0 Å². The molecule has 5 nitrogen and oxygen atoms in total. The lowest BCUT2D eigenvalue weighted by atomic mass is 10.6. The molecule has 0 spiro atoms. The van der Waals surface area contributed by atoms with E-state index in [1.807, 2.05) is 0 Å². The van der Waals surface area contributed by atoms with E-state index in [0.717, 1.165) is 99.7 Å². The minimum Gasteiger partial charge on any atom is -0.415 e. The third-order valence-corrected chi connectivity index (χ3v) is 25.4. The molecule has 33 heavy (non-hydrogen) atoms. The van der Waals surface area contributed by atoms with E-state index in [0.29, 0.717) is 0 Å². The fourth-order valence-corrected chi connectivity index (χ4v) is 26.7. The lowest BCUT2D eigenvalue weighted by Crippen LogP contribution is -2.63. The van der Waals surface area contributed by atoms with E-state index in [4.69, 9.17) is 12.3 Å². The van der Waals surface area contributed by atoms with Crippen LogP contribution in [0.25, 0.3) is 0 Å². The molecule has 0 unspecified atom stereocenters. The first-order valence-electron chi connectivity index (χ1n) is 14.2. The Hall–Kier alpha value is 0.668. The molecule has 0 amide bonds. The van der Waals surface area contributed by atoms with Crippen molar-refractivity contribution in [2.45, 2.75) is 155 Å². The first kappa shape index (κ1) is 33.7. The van der Waals surface area contributed by atoms with E-state index >= 15 is 0 Å². The van der Waals surface area contributed by atoms with Gasteiger partial charge in [-0.3, -0.25) is 0 Å². The van der Waals surface area contributed by atoms with Crippen LogP contribution in [0.3, 0.4) is 0 Å². The molecule has 2 N–H and O–H groups in total. The third-order valence-electron chi connectivity index (χ3n) is 6.21. The maximum absolute atomic E-state index is 11.7. The maximum atomic E-state index is 11.7. The fraction of sp³-hybridized carbons (Fsp3) is 1.00. The van der Waals surface area contributed by atoms with Gasteiger partial charge in [0.15, 0.2) is 0 Å². The Bertz CT molecular complexity index is 429. The summed E-state index contributed by atoms with van der Waals surface area (Å²) in [6, 6.07) is 6.68. The van der Waals surface area contributed by atoms with E-state index in [1.165, 1.54) is 0 Å². The first-order chi connectivity index (χ1) is 15.6. The van der Waals surface area contributed by atoms with E-state index in [-0.39, 0.29) is 0 Å². The zero-order chi connectivity index (χ0) is 25.4. The summed E-state index contributed by atoms with van der Waals surface area (Å²) >= 11 is 0. The van der Waals surface area contributed by atoms with E-state index in [2.05, 4.69) is 55.4 Å². The highest BCUT2D eigenvalue weighted by Crippen LogP contribution is 2.38. The topological polar surface area (TPSA) is 68.2 Å². The summed E-state index contributed by atoms with van der Waals surface area (Å²) in [5.41, 5.74) is 0. The molecule has 0 bridgehead atoms. The Morgan fingerprint density at radius 1 is 0.364 bits per heavy atom. The summed E-state index contributed by atoms with van der Waals surface area (Å²) in [7, 11) is -11.1. The van der Waals surface area contributed by atoms with Gasteiger partial charge in [0.1, 0.15) is 0 Å². The predicted molar refractivity (Wildman–Crippen MR) is 151 cm³/mol. The molecule has 0 aliphatic carbocycles. The van der Waals surface area contributed by atoms with Crippen LogP contribution in [-0.4, -0.2) is 43.8 Å². The number of hydrogen-bond acceptors (Lipinski definition) is 5. The molecule has 0 aliphatic heterocycles. The fourth-order valence-electron chi connectivity index (χ4n) is 5.27. The van der Waals surface area contributed by atoms with Crippen molar-refractivity contribution in [2.75, 3.05) is 0 Å². The minimum atomic E-state index is -2.84. The summed E-state index contributed by atoms with van der Waals surface area (Å²) in [6.07, 6.45) is 7.71. The van der Waals surface area contributed by atoms with Crippen LogP contribution < -0.4 is 0 Å². The molecular weight excluding hydrogens is 481 g/mol. The largest absolute Gasteiger partial charge is 0.415 e. The van der Waals surface area contributed by atoms with Gasteiger partial charge >= 0.3 is 34.2 Å².